The average molecular weight is 309 g/mol. The Morgan fingerprint density at radius 1 is 1.09 bits per heavy atom. The van der Waals surface area contributed by atoms with E-state index in [4.69, 9.17) is 4.74 Å². The monoisotopic (exact) mass is 309 g/mol. The third-order valence-electron chi connectivity index (χ3n) is 3.39. The van der Waals surface area contributed by atoms with Crippen molar-refractivity contribution in [2.75, 3.05) is 11.9 Å². The third kappa shape index (κ3) is 6.39. The minimum atomic E-state index is -0.172. The molecule has 0 amide bonds. The number of para-hydroxylation sites is 1. The second-order valence-electron chi connectivity index (χ2n) is 5.27. The maximum absolute atomic E-state index is 11.8. The van der Waals surface area contributed by atoms with Gasteiger partial charge in [0.15, 0.2) is 0 Å². The normalized spacial score (nSPS) is 12.0. The topological polar surface area (TPSA) is 38.3 Å². The summed E-state index contributed by atoms with van der Waals surface area (Å²) in [4.78, 5) is 11.8. The summed E-state index contributed by atoms with van der Waals surface area (Å²) in [6, 6.07) is 20.1. The van der Waals surface area contributed by atoms with Crippen LogP contribution < -0.4 is 5.32 Å². The number of nitrogens with one attached hydrogen (secondary N) is 1. The van der Waals surface area contributed by atoms with Gasteiger partial charge in [0.05, 0.1) is 13.0 Å². The van der Waals surface area contributed by atoms with E-state index in [1.807, 2.05) is 55.5 Å². The van der Waals surface area contributed by atoms with Gasteiger partial charge in [-0.25, -0.2) is 0 Å². The Balaban J connectivity index is 1.97. The molecule has 0 saturated carbocycles. The average Bonchev–Trinajstić information content (AvgIpc) is 2.57. The van der Waals surface area contributed by atoms with Crippen LogP contribution in [0.5, 0.6) is 0 Å². The summed E-state index contributed by atoms with van der Waals surface area (Å²) in [6.07, 6.45) is 5.27. The summed E-state index contributed by atoms with van der Waals surface area (Å²) in [5.74, 6) is -0.172. The zero-order valence-corrected chi connectivity index (χ0v) is 13.4. The molecule has 2 rings (SSSR count). The van der Waals surface area contributed by atoms with Gasteiger partial charge in [-0.15, -0.1) is 0 Å². The Hall–Kier alpha value is -2.55. The summed E-state index contributed by atoms with van der Waals surface area (Å²) in [7, 11) is 0. The van der Waals surface area contributed by atoms with E-state index < -0.39 is 0 Å². The molecule has 1 N–H and O–H groups in total. The highest BCUT2D eigenvalue weighted by molar-refractivity contribution is 5.71. The maximum Gasteiger partial charge on any atom is 0.307 e. The number of hydrogen-bond donors (Lipinski definition) is 1. The molecule has 3 heteroatoms. The Labute approximate surface area is 138 Å². The molecule has 0 fully saturated rings. The van der Waals surface area contributed by atoms with E-state index in [9.17, 15) is 4.79 Å². The number of ether oxygens (including phenoxy) is 1. The Morgan fingerprint density at radius 3 is 2.39 bits per heavy atom. The van der Waals surface area contributed by atoms with E-state index >= 15 is 0 Å². The van der Waals surface area contributed by atoms with Crippen LogP contribution in [-0.4, -0.2) is 18.6 Å². The fraction of sp³-hybridized carbons (Fsp3) is 0.250. The highest BCUT2D eigenvalue weighted by atomic mass is 16.5. The molecule has 2 aromatic rings. The van der Waals surface area contributed by atoms with E-state index in [1.165, 1.54) is 0 Å². The fourth-order valence-electron chi connectivity index (χ4n) is 2.32. The number of carbonyl (C=O) groups is 1. The molecule has 0 saturated heterocycles. The molecule has 0 aliphatic rings. The van der Waals surface area contributed by atoms with Crippen molar-refractivity contribution in [2.24, 2.45) is 0 Å². The molecule has 1 atom stereocenters. The smallest absolute Gasteiger partial charge is 0.307 e. The summed E-state index contributed by atoms with van der Waals surface area (Å²) >= 11 is 0. The molecule has 3 nitrogen and oxygen atoms in total. The molecule has 1 unspecified atom stereocenters. The Kier molecular flexibility index (Phi) is 6.92. The first-order valence-electron chi connectivity index (χ1n) is 7.96. The lowest BCUT2D eigenvalue weighted by molar-refractivity contribution is -0.143. The van der Waals surface area contributed by atoms with E-state index in [0.717, 1.165) is 17.7 Å². The van der Waals surface area contributed by atoms with Crippen LogP contribution in [0.15, 0.2) is 66.7 Å². The van der Waals surface area contributed by atoms with Crippen LogP contribution in [0.25, 0.3) is 6.08 Å². The summed E-state index contributed by atoms with van der Waals surface area (Å²) in [5, 5.41) is 3.40. The minimum absolute atomic E-state index is 0.0106. The van der Waals surface area contributed by atoms with Gasteiger partial charge in [-0.05, 0) is 31.0 Å². The minimum Gasteiger partial charge on any atom is -0.466 e. The van der Waals surface area contributed by atoms with Crippen molar-refractivity contribution in [1.29, 1.82) is 0 Å². The van der Waals surface area contributed by atoms with Gasteiger partial charge in [-0.1, -0.05) is 60.7 Å². The Morgan fingerprint density at radius 2 is 1.74 bits per heavy atom. The number of hydrogen-bond acceptors (Lipinski definition) is 3. The maximum atomic E-state index is 11.8. The van der Waals surface area contributed by atoms with Gasteiger partial charge in [-0.3, -0.25) is 4.79 Å². The highest BCUT2D eigenvalue weighted by Gasteiger charge is 2.13. The van der Waals surface area contributed by atoms with Gasteiger partial charge in [0.2, 0.25) is 0 Å². The van der Waals surface area contributed by atoms with Crippen molar-refractivity contribution in [3.63, 3.8) is 0 Å². The van der Waals surface area contributed by atoms with Crippen LogP contribution >= 0.6 is 0 Å². The second-order valence-corrected chi connectivity index (χ2v) is 5.27. The standard InChI is InChI=1S/C20H23NO2/c1-2-23-20(22)16-19(21-18-13-7-4-8-14-18)15-9-12-17-10-5-3-6-11-17/h3-14,19,21H,2,15-16H2,1H3/b12-9+. The number of anilines is 1. The predicted molar refractivity (Wildman–Crippen MR) is 95.2 cm³/mol. The number of rotatable bonds is 8. The highest BCUT2D eigenvalue weighted by Crippen LogP contribution is 2.13. The fourth-order valence-corrected chi connectivity index (χ4v) is 2.32. The molecule has 0 bridgehead atoms. The van der Waals surface area contributed by atoms with Crippen molar-refractivity contribution >= 4 is 17.7 Å². The molecule has 0 spiro atoms. The van der Waals surface area contributed by atoms with Crippen LogP contribution in [0.2, 0.25) is 0 Å². The van der Waals surface area contributed by atoms with E-state index in [0.29, 0.717) is 13.0 Å². The molecular formula is C20H23NO2. The van der Waals surface area contributed by atoms with Crippen LogP contribution in [0, 0.1) is 0 Å². The van der Waals surface area contributed by atoms with Crippen LogP contribution in [0.3, 0.4) is 0 Å². The van der Waals surface area contributed by atoms with Crippen LogP contribution in [-0.2, 0) is 9.53 Å². The molecule has 23 heavy (non-hydrogen) atoms. The lowest BCUT2D eigenvalue weighted by Gasteiger charge is -2.17. The first kappa shape index (κ1) is 16.8. The van der Waals surface area contributed by atoms with Crippen molar-refractivity contribution in [2.45, 2.75) is 25.8 Å². The second kappa shape index (κ2) is 9.46. The van der Waals surface area contributed by atoms with Gasteiger partial charge in [0, 0.05) is 11.7 Å². The lowest BCUT2D eigenvalue weighted by atomic mass is 10.1. The van der Waals surface area contributed by atoms with Gasteiger partial charge in [-0.2, -0.15) is 0 Å². The SMILES string of the molecule is CCOC(=O)CC(C/C=C/c1ccccc1)Nc1ccccc1. The number of carbonyl (C=O) groups excluding carboxylic acids is 1. The first-order valence-corrected chi connectivity index (χ1v) is 7.96. The lowest BCUT2D eigenvalue weighted by Crippen LogP contribution is -2.23. The third-order valence-corrected chi connectivity index (χ3v) is 3.39. The van der Waals surface area contributed by atoms with Crippen molar-refractivity contribution in [3.8, 4) is 0 Å². The van der Waals surface area contributed by atoms with Crippen LogP contribution in [0.4, 0.5) is 5.69 Å². The molecule has 2 aromatic carbocycles. The van der Waals surface area contributed by atoms with E-state index in [2.05, 4.69) is 29.6 Å². The molecule has 0 aromatic heterocycles. The molecule has 0 heterocycles. The zero-order valence-electron chi connectivity index (χ0n) is 13.4. The summed E-state index contributed by atoms with van der Waals surface area (Å²) < 4.78 is 5.07. The van der Waals surface area contributed by atoms with Crippen LogP contribution in [0.1, 0.15) is 25.3 Å². The number of benzene rings is 2. The van der Waals surface area contributed by atoms with Gasteiger partial charge in [0.25, 0.3) is 0 Å². The molecule has 0 radical (unpaired) electrons. The molecule has 120 valence electrons. The van der Waals surface area contributed by atoms with Crippen molar-refractivity contribution in [3.05, 3.63) is 72.3 Å². The van der Waals surface area contributed by atoms with Gasteiger partial charge >= 0.3 is 5.97 Å². The molecule has 0 aliphatic carbocycles. The quantitative estimate of drug-likeness (QED) is 0.728. The van der Waals surface area contributed by atoms with E-state index in [1.54, 1.807) is 0 Å². The van der Waals surface area contributed by atoms with E-state index in [-0.39, 0.29) is 12.0 Å². The van der Waals surface area contributed by atoms with Crippen molar-refractivity contribution in [1.82, 2.24) is 0 Å². The largest absolute Gasteiger partial charge is 0.466 e. The van der Waals surface area contributed by atoms with Gasteiger partial charge < -0.3 is 10.1 Å². The summed E-state index contributed by atoms with van der Waals surface area (Å²) in [6.45, 7) is 2.24. The van der Waals surface area contributed by atoms with Crippen molar-refractivity contribution < 1.29 is 9.53 Å². The molecule has 0 aliphatic heterocycles. The Bertz CT molecular complexity index is 608. The first-order chi connectivity index (χ1) is 11.3. The summed E-state index contributed by atoms with van der Waals surface area (Å²) in [5.41, 5.74) is 2.16. The van der Waals surface area contributed by atoms with Gasteiger partial charge in [0.1, 0.15) is 0 Å². The zero-order chi connectivity index (χ0) is 16.3. The number of esters is 1. The molecular weight excluding hydrogens is 286 g/mol. The predicted octanol–water partition coefficient (Wildman–Crippen LogP) is 4.52.